The number of rotatable bonds is 70. The van der Waals surface area contributed by atoms with E-state index in [9.17, 15) is 43.2 Å². The molecule has 0 fully saturated rings. The fourth-order valence-corrected chi connectivity index (χ4v) is 12.2. The summed E-state index contributed by atoms with van der Waals surface area (Å²) in [5.41, 5.74) is 0. The highest BCUT2D eigenvalue weighted by Crippen LogP contribution is 2.45. The quantitative estimate of drug-likeness (QED) is 0.0222. The number of aliphatic hydroxyl groups excluding tert-OH is 1. The van der Waals surface area contributed by atoms with E-state index in [1.54, 1.807) is 0 Å². The first-order valence-corrected chi connectivity index (χ1v) is 39.6. The van der Waals surface area contributed by atoms with Gasteiger partial charge in [-0.1, -0.05) is 311 Å². The first-order valence-electron chi connectivity index (χ1n) is 36.6. The maximum atomic E-state index is 13.0. The minimum absolute atomic E-state index is 0.102. The molecule has 3 N–H and O–H groups in total. The van der Waals surface area contributed by atoms with Crippen molar-refractivity contribution in [2.24, 2.45) is 5.92 Å². The third kappa shape index (κ3) is 64.6. The molecule has 0 aromatic rings. The third-order valence-electron chi connectivity index (χ3n) is 16.3. The summed E-state index contributed by atoms with van der Waals surface area (Å²) in [7, 11) is -9.89. The first kappa shape index (κ1) is 87.1. The van der Waals surface area contributed by atoms with Crippen LogP contribution in [-0.4, -0.2) is 96.7 Å². The molecule has 0 amide bonds. The predicted molar refractivity (Wildman–Crippen MR) is 358 cm³/mol. The van der Waals surface area contributed by atoms with Crippen LogP contribution < -0.4 is 0 Å². The zero-order chi connectivity index (χ0) is 65.6. The molecule has 0 radical (unpaired) electrons. The fourth-order valence-electron chi connectivity index (χ4n) is 10.6. The molecule has 2 unspecified atom stereocenters. The lowest BCUT2D eigenvalue weighted by Gasteiger charge is -2.21. The summed E-state index contributed by atoms with van der Waals surface area (Å²) < 4.78 is 68.1. The van der Waals surface area contributed by atoms with Crippen LogP contribution in [-0.2, 0) is 65.4 Å². The van der Waals surface area contributed by atoms with Gasteiger partial charge in [0, 0.05) is 25.7 Å². The summed E-state index contributed by atoms with van der Waals surface area (Å²) in [6.07, 6.45) is 50.3. The van der Waals surface area contributed by atoms with E-state index in [2.05, 4.69) is 34.6 Å². The number of carbonyl (C=O) groups is 4. The summed E-state index contributed by atoms with van der Waals surface area (Å²) in [6.45, 7) is 7.12. The SMILES string of the molecule is CCCCCCCCCCCCCCCCCCCC(=O)O[C@H](COC(=O)CCCCCCCCCCCCCCCCCC)COP(=O)(O)OC[C@@H](O)COP(=O)(O)OC[C@@H](COC(=O)CCCCCCCCC)OC(=O)CCCCCCCCC(C)C. The van der Waals surface area contributed by atoms with E-state index in [0.29, 0.717) is 31.6 Å². The second-order valence-corrected chi connectivity index (χ2v) is 28.7. The lowest BCUT2D eigenvalue weighted by Crippen LogP contribution is -2.30. The molecule has 0 spiro atoms. The summed E-state index contributed by atoms with van der Waals surface area (Å²) in [5.74, 6) is -1.46. The highest BCUT2D eigenvalue weighted by molar-refractivity contribution is 7.47. The van der Waals surface area contributed by atoms with Crippen LogP contribution in [0.1, 0.15) is 362 Å². The number of phosphoric ester groups is 2. The fraction of sp³-hybridized carbons (Fsp3) is 0.943. The number of hydrogen-bond donors (Lipinski definition) is 3. The summed E-state index contributed by atoms with van der Waals surface area (Å²) in [6, 6.07) is 0. The molecule has 0 saturated carbocycles. The molecule has 528 valence electrons. The molecule has 5 atom stereocenters. The normalized spacial score (nSPS) is 14.1. The number of aliphatic hydroxyl groups is 1. The molecule has 0 aromatic heterocycles. The second-order valence-electron chi connectivity index (χ2n) is 25.7. The van der Waals surface area contributed by atoms with Crippen molar-refractivity contribution >= 4 is 39.5 Å². The van der Waals surface area contributed by atoms with Gasteiger partial charge >= 0.3 is 39.5 Å². The highest BCUT2D eigenvalue weighted by Gasteiger charge is 2.30. The van der Waals surface area contributed by atoms with Crippen LogP contribution >= 0.6 is 15.6 Å². The van der Waals surface area contributed by atoms with Crippen LogP contribution in [0.5, 0.6) is 0 Å². The van der Waals surface area contributed by atoms with Crippen molar-refractivity contribution in [3.63, 3.8) is 0 Å². The molecule has 0 bridgehead atoms. The topological polar surface area (TPSA) is 237 Å². The molecule has 89 heavy (non-hydrogen) atoms. The molecule has 0 aromatic carbocycles. The average Bonchev–Trinajstić information content (AvgIpc) is 3.72. The van der Waals surface area contributed by atoms with Crippen molar-refractivity contribution in [1.29, 1.82) is 0 Å². The monoisotopic (exact) mass is 1310 g/mol. The van der Waals surface area contributed by atoms with Crippen LogP contribution in [0.3, 0.4) is 0 Å². The van der Waals surface area contributed by atoms with Gasteiger partial charge in [0.15, 0.2) is 12.2 Å². The molecule has 0 aliphatic carbocycles. The second kappa shape index (κ2) is 63.5. The van der Waals surface area contributed by atoms with E-state index in [0.717, 1.165) is 103 Å². The van der Waals surface area contributed by atoms with E-state index in [1.165, 1.54) is 173 Å². The van der Waals surface area contributed by atoms with Gasteiger partial charge in [0.05, 0.1) is 26.4 Å². The first-order chi connectivity index (χ1) is 43.0. The smallest absolute Gasteiger partial charge is 0.462 e. The number of phosphoric acid groups is 2. The molecule has 0 aliphatic rings. The van der Waals surface area contributed by atoms with Gasteiger partial charge in [-0.15, -0.1) is 0 Å². The Bertz CT molecular complexity index is 1720. The minimum Gasteiger partial charge on any atom is -0.462 e. The van der Waals surface area contributed by atoms with Gasteiger partial charge in [-0.3, -0.25) is 37.3 Å². The molecular weight excluding hydrogens is 1170 g/mol. The number of esters is 4. The number of ether oxygens (including phenoxy) is 4. The number of carbonyl (C=O) groups excluding carboxylic acids is 4. The minimum atomic E-state index is -4.95. The Balaban J connectivity index is 5.18. The van der Waals surface area contributed by atoms with E-state index in [-0.39, 0.29) is 25.7 Å². The van der Waals surface area contributed by atoms with Gasteiger partial charge in [-0.05, 0) is 31.6 Å². The van der Waals surface area contributed by atoms with E-state index >= 15 is 0 Å². The van der Waals surface area contributed by atoms with Crippen molar-refractivity contribution in [2.45, 2.75) is 380 Å². The molecule has 19 heteroatoms. The summed E-state index contributed by atoms with van der Waals surface area (Å²) in [5, 5.41) is 10.6. The van der Waals surface area contributed by atoms with Crippen LogP contribution in [0, 0.1) is 5.92 Å². The van der Waals surface area contributed by atoms with E-state index in [1.807, 2.05) is 0 Å². The lowest BCUT2D eigenvalue weighted by atomic mass is 10.0. The van der Waals surface area contributed by atoms with Gasteiger partial charge in [0.2, 0.25) is 0 Å². The van der Waals surface area contributed by atoms with Gasteiger partial charge < -0.3 is 33.8 Å². The molecule has 0 saturated heterocycles. The Morgan fingerprint density at radius 1 is 0.303 bits per heavy atom. The van der Waals surface area contributed by atoms with Crippen LogP contribution in [0.15, 0.2) is 0 Å². The Labute approximate surface area is 543 Å². The maximum Gasteiger partial charge on any atom is 0.472 e. The number of unbranched alkanes of at least 4 members (excludes halogenated alkanes) is 42. The summed E-state index contributed by atoms with van der Waals surface area (Å²) in [4.78, 5) is 72.3. The van der Waals surface area contributed by atoms with Gasteiger partial charge in [0.1, 0.15) is 19.3 Å². The molecular formula is C70H136O17P2. The Hall–Kier alpha value is -1.94. The van der Waals surface area contributed by atoms with Crippen LogP contribution in [0.25, 0.3) is 0 Å². The van der Waals surface area contributed by atoms with E-state index < -0.39 is 97.5 Å². The third-order valence-corrected chi connectivity index (χ3v) is 18.2. The van der Waals surface area contributed by atoms with Crippen molar-refractivity contribution in [1.82, 2.24) is 0 Å². The lowest BCUT2D eigenvalue weighted by molar-refractivity contribution is -0.161. The zero-order valence-electron chi connectivity index (χ0n) is 57.6. The standard InChI is InChI=1S/C70H136O17P2/c1-6-9-12-15-18-20-22-24-26-28-30-32-34-36-39-45-50-55-69(74)86-65(60-81-68(73)54-49-44-38-35-33-31-29-27-25-23-21-19-16-13-10-7-2)61-84-88(76,77)82-57-64(71)58-83-89(78,79)85-62-66(59-80-67(72)53-48-43-37-17-14-11-8-3)87-70(75)56-51-46-41-40-42-47-52-63(4)5/h63-66,71H,6-62H2,1-5H3,(H,76,77)(H,78,79)/t64-,65-,66-/m1/s1. The van der Waals surface area contributed by atoms with Crippen molar-refractivity contribution in [2.75, 3.05) is 39.6 Å². The maximum absolute atomic E-state index is 13.0. The molecule has 0 rings (SSSR count). The summed E-state index contributed by atoms with van der Waals surface area (Å²) >= 11 is 0. The van der Waals surface area contributed by atoms with Gasteiger partial charge in [-0.25, -0.2) is 9.13 Å². The van der Waals surface area contributed by atoms with Crippen LogP contribution in [0.2, 0.25) is 0 Å². The van der Waals surface area contributed by atoms with Crippen molar-refractivity contribution in [3.05, 3.63) is 0 Å². The van der Waals surface area contributed by atoms with E-state index in [4.69, 9.17) is 37.0 Å². The Morgan fingerprint density at radius 2 is 0.517 bits per heavy atom. The van der Waals surface area contributed by atoms with Gasteiger partial charge in [-0.2, -0.15) is 0 Å². The van der Waals surface area contributed by atoms with Crippen molar-refractivity contribution in [3.8, 4) is 0 Å². The molecule has 0 heterocycles. The largest absolute Gasteiger partial charge is 0.472 e. The van der Waals surface area contributed by atoms with Crippen LogP contribution in [0.4, 0.5) is 0 Å². The molecule has 17 nitrogen and oxygen atoms in total. The average molecular weight is 1310 g/mol. The van der Waals surface area contributed by atoms with Gasteiger partial charge in [0.25, 0.3) is 0 Å². The zero-order valence-corrected chi connectivity index (χ0v) is 59.4. The highest BCUT2D eigenvalue weighted by atomic mass is 31.2. The number of hydrogen-bond acceptors (Lipinski definition) is 15. The predicted octanol–water partition coefficient (Wildman–Crippen LogP) is 20.1. The molecule has 0 aliphatic heterocycles. The van der Waals surface area contributed by atoms with Crippen molar-refractivity contribution < 1.29 is 80.2 Å². The Kier molecular flexibility index (Phi) is 62.1. The Morgan fingerprint density at radius 3 is 0.764 bits per heavy atom.